The third-order valence-electron chi connectivity index (χ3n) is 2.82. The fourth-order valence-corrected chi connectivity index (χ4v) is 1.91. The van der Waals surface area contributed by atoms with Crippen molar-refractivity contribution in [2.24, 2.45) is 0 Å². The second kappa shape index (κ2) is 7.72. The third-order valence-corrected chi connectivity index (χ3v) is 2.82. The Hall–Kier alpha value is -1.79. The Morgan fingerprint density at radius 1 is 1.45 bits per heavy atom. The number of urea groups is 1. The Labute approximate surface area is 118 Å². The van der Waals surface area contributed by atoms with E-state index in [-0.39, 0.29) is 6.29 Å². The Morgan fingerprint density at radius 3 is 3.10 bits per heavy atom. The van der Waals surface area contributed by atoms with E-state index in [4.69, 9.17) is 14.3 Å². The van der Waals surface area contributed by atoms with Crippen LogP contribution in [-0.4, -0.2) is 25.5 Å². The van der Waals surface area contributed by atoms with Crippen molar-refractivity contribution in [1.29, 1.82) is 0 Å². The Bertz CT molecular complexity index is 433. The smallest absolute Gasteiger partial charge is 0.343 e. The lowest BCUT2D eigenvalue weighted by atomic mass is 10.2. The van der Waals surface area contributed by atoms with Crippen LogP contribution in [0.1, 0.15) is 26.2 Å². The molecule has 1 aromatic carbocycles. The van der Waals surface area contributed by atoms with E-state index >= 15 is 0 Å². The highest BCUT2D eigenvalue weighted by molar-refractivity contribution is 5.88. The number of hydrogen-bond donors (Lipinski definition) is 2. The lowest BCUT2D eigenvalue weighted by Crippen LogP contribution is -2.35. The molecule has 1 aromatic rings. The summed E-state index contributed by atoms with van der Waals surface area (Å²) < 4.78 is 10.7. The van der Waals surface area contributed by atoms with Crippen molar-refractivity contribution in [3.8, 4) is 5.75 Å². The number of rotatable bonds is 5. The van der Waals surface area contributed by atoms with Crippen LogP contribution in [0.4, 0.5) is 10.5 Å². The Kier molecular flexibility index (Phi) is 5.64. The summed E-state index contributed by atoms with van der Waals surface area (Å²) in [5, 5.41) is 2.67. The number of hydrogen-bond acceptors (Lipinski definition) is 4. The van der Waals surface area contributed by atoms with Gasteiger partial charge in [-0.15, -0.1) is 0 Å². The molecule has 0 aromatic heterocycles. The van der Waals surface area contributed by atoms with Crippen LogP contribution in [0.15, 0.2) is 24.3 Å². The van der Waals surface area contributed by atoms with Gasteiger partial charge in [-0.05, 0) is 31.9 Å². The highest BCUT2D eigenvalue weighted by Crippen LogP contribution is 2.17. The first-order valence-corrected chi connectivity index (χ1v) is 6.85. The molecular weight excluding hydrogens is 260 g/mol. The molecule has 1 atom stereocenters. The van der Waals surface area contributed by atoms with Crippen molar-refractivity contribution < 1.29 is 19.1 Å². The van der Waals surface area contributed by atoms with Gasteiger partial charge in [-0.25, -0.2) is 15.1 Å². The first-order valence-electron chi connectivity index (χ1n) is 6.85. The molecule has 1 heterocycles. The van der Waals surface area contributed by atoms with Gasteiger partial charge in [0, 0.05) is 24.8 Å². The summed E-state index contributed by atoms with van der Waals surface area (Å²) in [4.78, 5) is 16.9. The number of nitrogens with one attached hydrogen (secondary N) is 2. The molecule has 110 valence electrons. The van der Waals surface area contributed by atoms with Crippen molar-refractivity contribution in [1.82, 2.24) is 5.48 Å². The summed E-state index contributed by atoms with van der Waals surface area (Å²) in [6, 6.07) is 6.73. The highest BCUT2D eigenvalue weighted by atomic mass is 16.8. The van der Waals surface area contributed by atoms with Crippen molar-refractivity contribution in [2.45, 2.75) is 32.5 Å². The lowest BCUT2D eigenvalue weighted by Gasteiger charge is -2.22. The number of hydroxylamine groups is 1. The topological polar surface area (TPSA) is 68.8 Å². The van der Waals surface area contributed by atoms with Gasteiger partial charge in [-0.1, -0.05) is 6.07 Å². The van der Waals surface area contributed by atoms with Crippen LogP contribution >= 0.6 is 0 Å². The van der Waals surface area contributed by atoms with Crippen molar-refractivity contribution in [3.05, 3.63) is 24.3 Å². The quantitative estimate of drug-likeness (QED) is 0.814. The van der Waals surface area contributed by atoms with Crippen LogP contribution in [0.5, 0.6) is 5.75 Å². The normalized spacial score (nSPS) is 18.4. The Balaban J connectivity index is 1.77. The maximum atomic E-state index is 11.7. The number of benzene rings is 1. The van der Waals surface area contributed by atoms with Crippen LogP contribution in [-0.2, 0) is 9.57 Å². The number of anilines is 1. The monoisotopic (exact) mass is 280 g/mol. The van der Waals surface area contributed by atoms with Crippen molar-refractivity contribution in [3.63, 3.8) is 0 Å². The minimum absolute atomic E-state index is 0.357. The molecule has 0 saturated carbocycles. The third kappa shape index (κ3) is 4.71. The molecule has 2 amide bonds. The first-order chi connectivity index (χ1) is 9.78. The van der Waals surface area contributed by atoms with Gasteiger partial charge in [0.25, 0.3) is 0 Å². The van der Waals surface area contributed by atoms with Gasteiger partial charge >= 0.3 is 6.03 Å². The minimum atomic E-state index is -0.437. The largest absolute Gasteiger partial charge is 0.494 e. The molecule has 1 saturated heterocycles. The van der Waals surface area contributed by atoms with E-state index in [1.54, 1.807) is 12.1 Å². The molecule has 1 aliphatic heterocycles. The van der Waals surface area contributed by atoms with E-state index in [0.717, 1.165) is 19.3 Å². The molecule has 20 heavy (non-hydrogen) atoms. The standard InChI is InChI=1S/C14H20N2O4/c1-2-18-12-7-5-6-11(10-12)15-14(17)16-20-13-8-3-4-9-19-13/h5-7,10,13H,2-4,8-9H2,1H3,(H2,15,16,17)/t13-/m1/s1. The molecule has 1 fully saturated rings. The molecule has 0 aliphatic carbocycles. The van der Waals surface area contributed by atoms with E-state index in [0.29, 0.717) is 24.7 Å². The summed E-state index contributed by atoms with van der Waals surface area (Å²) in [6.07, 6.45) is 2.52. The zero-order valence-corrected chi connectivity index (χ0v) is 11.6. The zero-order valence-electron chi connectivity index (χ0n) is 11.6. The van der Waals surface area contributed by atoms with Gasteiger partial charge in [-0.2, -0.15) is 0 Å². The predicted octanol–water partition coefficient (Wildman–Crippen LogP) is 2.67. The van der Waals surface area contributed by atoms with Crippen LogP contribution < -0.4 is 15.5 Å². The van der Waals surface area contributed by atoms with Gasteiger partial charge in [0.05, 0.1) is 6.61 Å². The second-order valence-electron chi connectivity index (χ2n) is 4.43. The molecule has 0 radical (unpaired) electrons. The number of carbonyl (C=O) groups excluding carboxylic acids is 1. The van der Waals surface area contributed by atoms with Gasteiger partial charge in [0.15, 0.2) is 6.29 Å². The summed E-state index contributed by atoms with van der Waals surface area (Å²) in [5.41, 5.74) is 2.98. The zero-order chi connectivity index (χ0) is 14.2. The molecule has 6 heteroatoms. The first kappa shape index (κ1) is 14.6. The maximum absolute atomic E-state index is 11.7. The van der Waals surface area contributed by atoms with E-state index in [1.165, 1.54) is 0 Å². The minimum Gasteiger partial charge on any atom is -0.494 e. The van der Waals surface area contributed by atoms with Gasteiger partial charge in [0.1, 0.15) is 5.75 Å². The number of amides is 2. The molecule has 0 unspecified atom stereocenters. The molecule has 2 N–H and O–H groups in total. The van der Waals surface area contributed by atoms with Crippen LogP contribution in [0.2, 0.25) is 0 Å². The summed E-state index contributed by atoms with van der Waals surface area (Å²) in [6.45, 7) is 3.16. The van der Waals surface area contributed by atoms with E-state index in [9.17, 15) is 4.79 Å². The number of carbonyl (C=O) groups is 1. The van der Waals surface area contributed by atoms with Gasteiger partial charge in [-0.3, -0.25) is 0 Å². The van der Waals surface area contributed by atoms with Crippen LogP contribution in [0, 0.1) is 0 Å². The molecular formula is C14H20N2O4. The maximum Gasteiger partial charge on any atom is 0.343 e. The SMILES string of the molecule is CCOc1cccc(NC(=O)NO[C@@H]2CCCCO2)c1. The fraction of sp³-hybridized carbons (Fsp3) is 0.500. The van der Waals surface area contributed by atoms with Crippen molar-refractivity contribution in [2.75, 3.05) is 18.5 Å². The van der Waals surface area contributed by atoms with E-state index < -0.39 is 6.03 Å². The van der Waals surface area contributed by atoms with Crippen LogP contribution in [0.3, 0.4) is 0 Å². The molecule has 2 rings (SSSR count). The molecule has 1 aliphatic rings. The van der Waals surface area contributed by atoms with Gasteiger partial charge in [0.2, 0.25) is 0 Å². The molecule has 6 nitrogen and oxygen atoms in total. The highest BCUT2D eigenvalue weighted by Gasteiger charge is 2.15. The van der Waals surface area contributed by atoms with E-state index in [2.05, 4.69) is 10.8 Å². The average molecular weight is 280 g/mol. The summed E-state index contributed by atoms with van der Waals surface area (Å²) in [7, 11) is 0. The molecule has 0 spiro atoms. The summed E-state index contributed by atoms with van der Waals surface area (Å²) >= 11 is 0. The Morgan fingerprint density at radius 2 is 2.35 bits per heavy atom. The lowest BCUT2D eigenvalue weighted by molar-refractivity contribution is -0.185. The van der Waals surface area contributed by atoms with Crippen molar-refractivity contribution >= 4 is 11.7 Å². The van der Waals surface area contributed by atoms with E-state index in [1.807, 2.05) is 19.1 Å². The number of ether oxygens (including phenoxy) is 2. The second-order valence-corrected chi connectivity index (χ2v) is 4.43. The fourth-order valence-electron chi connectivity index (χ4n) is 1.91. The summed E-state index contributed by atoms with van der Waals surface area (Å²) in [5.74, 6) is 0.710. The molecule has 0 bridgehead atoms. The van der Waals surface area contributed by atoms with Gasteiger partial charge < -0.3 is 14.8 Å². The predicted molar refractivity (Wildman–Crippen MR) is 74.4 cm³/mol. The average Bonchev–Trinajstić information content (AvgIpc) is 2.47. The van der Waals surface area contributed by atoms with Crippen LogP contribution in [0.25, 0.3) is 0 Å².